The zero-order valence-corrected chi connectivity index (χ0v) is 15.3. The van der Waals surface area contributed by atoms with Crippen LogP contribution >= 0.6 is 11.8 Å². The highest BCUT2D eigenvalue weighted by Crippen LogP contribution is 2.32. The number of nitrogens with one attached hydrogen (secondary N) is 1. The first kappa shape index (κ1) is 16.9. The van der Waals surface area contributed by atoms with Crippen LogP contribution in [0.1, 0.15) is 18.4 Å². The number of aromatic nitrogens is 2. The Hall–Kier alpha value is -2.53. The summed E-state index contributed by atoms with van der Waals surface area (Å²) in [7, 11) is 0. The van der Waals surface area contributed by atoms with Crippen molar-refractivity contribution in [2.45, 2.75) is 31.0 Å². The fourth-order valence-electron chi connectivity index (χ4n) is 3.17. The van der Waals surface area contributed by atoms with Crippen LogP contribution in [0.4, 0.5) is 5.69 Å². The number of benzene rings is 2. The summed E-state index contributed by atoms with van der Waals surface area (Å²) in [6, 6.07) is 18.2. The van der Waals surface area contributed by atoms with E-state index in [1.807, 2.05) is 42.5 Å². The number of rotatable bonds is 6. The predicted octanol–water partition coefficient (Wildman–Crippen LogP) is 4.62. The third kappa shape index (κ3) is 3.83. The van der Waals surface area contributed by atoms with E-state index in [1.165, 1.54) is 5.56 Å². The number of para-hydroxylation sites is 1. The molecule has 5 heteroatoms. The van der Waals surface area contributed by atoms with E-state index in [4.69, 9.17) is 4.98 Å². The molecule has 0 radical (unpaired) electrons. The van der Waals surface area contributed by atoms with Crippen LogP contribution in [0.5, 0.6) is 0 Å². The second-order valence-electron chi connectivity index (χ2n) is 6.38. The van der Waals surface area contributed by atoms with Gasteiger partial charge in [-0.2, -0.15) is 0 Å². The maximum absolute atomic E-state index is 12.4. The number of nitrogens with zero attached hydrogens (tertiary/aromatic N) is 2. The van der Waals surface area contributed by atoms with Crippen molar-refractivity contribution < 1.29 is 4.79 Å². The van der Waals surface area contributed by atoms with E-state index in [-0.39, 0.29) is 5.91 Å². The molecule has 1 N–H and O–H groups in total. The lowest BCUT2D eigenvalue weighted by Gasteiger charge is -2.10. The quantitative estimate of drug-likeness (QED) is 0.695. The molecular weight excluding hydrogens is 342 g/mol. The summed E-state index contributed by atoms with van der Waals surface area (Å²) in [5, 5.41) is 4.12. The number of amides is 1. The summed E-state index contributed by atoms with van der Waals surface area (Å²) in [4.78, 5) is 17.1. The van der Waals surface area contributed by atoms with Crippen molar-refractivity contribution in [3.8, 4) is 11.3 Å². The van der Waals surface area contributed by atoms with Gasteiger partial charge in [-0.05, 0) is 24.5 Å². The first-order valence-corrected chi connectivity index (χ1v) is 9.91. The molecule has 1 aromatic heterocycles. The molecule has 0 fully saturated rings. The van der Waals surface area contributed by atoms with Crippen LogP contribution in [0.25, 0.3) is 11.3 Å². The summed E-state index contributed by atoms with van der Waals surface area (Å²) < 4.78 is 2.18. The van der Waals surface area contributed by atoms with E-state index in [2.05, 4.69) is 28.2 Å². The molecule has 0 unspecified atom stereocenters. The molecule has 26 heavy (non-hydrogen) atoms. The van der Waals surface area contributed by atoms with E-state index in [1.54, 1.807) is 11.8 Å². The normalized spacial score (nSPS) is 12.8. The van der Waals surface area contributed by atoms with Crippen molar-refractivity contribution >= 4 is 23.4 Å². The number of thioether (sulfide) groups is 1. The Labute approximate surface area is 157 Å². The van der Waals surface area contributed by atoms with Gasteiger partial charge in [-0.3, -0.25) is 4.79 Å². The van der Waals surface area contributed by atoms with Crippen LogP contribution < -0.4 is 5.32 Å². The number of imidazole rings is 1. The minimum absolute atomic E-state index is 0.0505. The van der Waals surface area contributed by atoms with Crippen molar-refractivity contribution in [2.75, 3.05) is 11.1 Å². The van der Waals surface area contributed by atoms with Crippen molar-refractivity contribution in [1.29, 1.82) is 0 Å². The van der Waals surface area contributed by atoms with E-state index in [0.717, 1.165) is 47.2 Å². The van der Waals surface area contributed by atoms with Crippen LogP contribution in [-0.4, -0.2) is 21.2 Å². The third-order valence-electron chi connectivity index (χ3n) is 4.49. The van der Waals surface area contributed by atoms with Crippen molar-refractivity contribution in [2.24, 2.45) is 0 Å². The Morgan fingerprint density at radius 1 is 1.12 bits per heavy atom. The molecular formula is C21H21N3OS. The molecule has 3 aromatic rings. The SMILES string of the molecule is O=C(CCCc1ccccc1)Nc1ccccc1-c1cn2c(n1)SCC2. The van der Waals surface area contributed by atoms with Gasteiger partial charge in [-0.15, -0.1) is 0 Å². The Morgan fingerprint density at radius 2 is 1.92 bits per heavy atom. The van der Waals surface area contributed by atoms with Gasteiger partial charge in [0.05, 0.1) is 11.4 Å². The predicted molar refractivity (Wildman–Crippen MR) is 106 cm³/mol. The lowest BCUT2D eigenvalue weighted by molar-refractivity contribution is -0.116. The molecule has 0 bridgehead atoms. The third-order valence-corrected chi connectivity index (χ3v) is 5.46. The second-order valence-corrected chi connectivity index (χ2v) is 7.45. The second kappa shape index (κ2) is 7.79. The molecule has 1 aliphatic heterocycles. The highest BCUT2D eigenvalue weighted by atomic mass is 32.2. The van der Waals surface area contributed by atoms with Crippen LogP contribution in [0.3, 0.4) is 0 Å². The summed E-state index contributed by atoms with van der Waals surface area (Å²) in [5.74, 6) is 1.14. The van der Waals surface area contributed by atoms with Gasteiger partial charge in [0.2, 0.25) is 5.91 Å². The zero-order valence-electron chi connectivity index (χ0n) is 14.5. The molecule has 132 valence electrons. The Balaban J connectivity index is 1.40. The maximum Gasteiger partial charge on any atom is 0.224 e. The smallest absolute Gasteiger partial charge is 0.224 e. The van der Waals surface area contributed by atoms with Crippen LogP contribution in [0, 0.1) is 0 Å². The lowest BCUT2D eigenvalue weighted by atomic mass is 10.1. The van der Waals surface area contributed by atoms with Crippen molar-refractivity contribution in [3.63, 3.8) is 0 Å². The summed E-state index contributed by atoms with van der Waals surface area (Å²) in [6.45, 7) is 1.00. The summed E-state index contributed by atoms with van der Waals surface area (Å²) in [6.07, 6.45) is 4.35. The van der Waals surface area contributed by atoms with E-state index in [9.17, 15) is 4.79 Å². The van der Waals surface area contributed by atoms with Crippen molar-refractivity contribution in [1.82, 2.24) is 9.55 Å². The first-order valence-electron chi connectivity index (χ1n) is 8.93. The molecule has 0 saturated heterocycles. The summed E-state index contributed by atoms with van der Waals surface area (Å²) >= 11 is 1.78. The topological polar surface area (TPSA) is 46.9 Å². The Kier molecular flexibility index (Phi) is 5.07. The molecule has 2 heterocycles. The highest BCUT2D eigenvalue weighted by Gasteiger charge is 2.17. The molecule has 0 atom stereocenters. The number of carbonyl (C=O) groups is 1. The van der Waals surface area contributed by atoms with Gasteiger partial charge in [0.15, 0.2) is 5.16 Å². The molecule has 1 amide bonds. The summed E-state index contributed by atoms with van der Waals surface area (Å²) in [5.41, 5.74) is 4.00. The molecule has 2 aromatic carbocycles. The van der Waals surface area contributed by atoms with Crippen LogP contribution in [0.15, 0.2) is 66.0 Å². The number of carbonyl (C=O) groups excluding carboxylic acids is 1. The van der Waals surface area contributed by atoms with Crippen LogP contribution in [-0.2, 0) is 17.8 Å². The van der Waals surface area contributed by atoms with Gasteiger partial charge in [-0.25, -0.2) is 4.98 Å². The largest absolute Gasteiger partial charge is 0.325 e. The fourth-order valence-corrected chi connectivity index (χ4v) is 4.11. The monoisotopic (exact) mass is 363 g/mol. The maximum atomic E-state index is 12.4. The number of hydrogen-bond donors (Lipinski definition) is 1. The number of anilines is 1. The number of hydrogen-bond acceptors (Lipinski definition) is 3. The van der Waals surface area contributed by atoms with Gasteiger partial charge in [-0.1, -0.05) is 60.3 Å². The van der Waals surface area contributed by atoms with Gasteiger partial charge in [0, 0.05) is 30.5 Å². The zero-order chi connectivity index (χ0) is 17.8. The van der Waals surface area contributed by atoms with Crippen LogP contribution in [0.2, 0.25) is 0 Å². The van der Waals surface area contributed by atoms with E-state index >= 15 is 0 Å². The highest BCUT2D eigenvalue weighted by molar-refractivity contribution is 7.99. The minimum atomic E-state index is 0.0505. The molecule has 0 spiro atoms. The average Bonchev–Trinajstić information content (AvgIpc) is 3.25. The lowest BCUT2D eigenvalue weighted by Crippen LogP contribution is -2.12. The van der Waals surface area contributed by atoms with Gasteiger partial charge >= 0.3 is 0 Å². The number of aryl methyl sites for hydroxylation is 2. The average molecular weight is 363 g/mol. The fraction of sp³-hybridized carbons (Fsp3) is 0.238. The molecule has 4 nitrogen and oxygen atoms in total. The molecule has 1 aliphatic rings. The first-order chi connectivity index (χ1) is 12.8. The molecule has 4 rings (SSSR count). The number of fused-ring (bicyclic) bond motifs is 1. The molecule has 0 aliphatic carbocycles. The van der Waals surface area contributed by atoms with E-state index in [0.29, 0.717) is 6.42 Å². The Morgan fingerprint density at radius 3 is 2.77 bits per heavy atom. The standard InChI is InChI=1S/C21H21N3OS/c25-20(12-6-9-16-7-2-1-3-8-16)22-18-11-5-4-10-17(18)19-15-24-13-14-26-21(24)23-19/h1-5,7-8,10-11,15H,6,9,12-14H2,(H,22,25). The molecule has 0 saturated carbocycles. The van der Waals surface area contributed by atoms with Gasteiger partial charge in [0.1, 0.15) is 0 Å². The minimum Gasteiger partial charge on any atom is -0.325 e. The van der Waals surface area contributed by atoms with Gasteiger partial charge in [0.25, 0.3) is 0 Å². The van der Waals surface area contributed by atoms with Gasteiger partial charge < -0.3 is 9.88 Å². The Bertz CT molecular complexity index is 883. The van der Waals surface area contributed by atoms with Crippen molar-refractivity contribution in [3.05, 3.63) is 66.4 Å². The van der Waals surface area contributed by atoms with E-state index < -0.39 is 0 Å².